The Kier molecular flexibility index (Phi) is 6.77. The van der Waals surface area contributed by atoms with Crippen LogP contribution in [0.2, 0.25) is 0 Å². The number of carbonyl (C=O) groups excluding carboxylic acids is 2. The number of nitrogens with zero attached hydrogens (tertiary/aromatic N) is 4. The SMILES string of the molecule is CCOC(=O)c1cc2c(=O)n3ccccc3nc2n(C(C)C)c1=NC(=O)c1ccccc1OCC. The Morgan fingerprint density at radius 3 is 2.49 bits per heavy atom. The van der Waals surface area contributed by atoms with Crippen molar-refractivity contribution in [3.05, 3.63) is 81.7 Å². The molecule has 0 N–H and O–H groups in total. The molecule has 0 radical (unpaired) electrons. The van der Waals surface area contributed by atoms with Gasteiger partial charge in [-0.25, -0.2) is 9.78 Å². The molecule has 0 aliphatic rings. The summed E-state index contributed by atoms with van der Waals surface area (Å²) in [5.41, 5.74) is 0.729. The number of esters is 1. The highest BCUT2D eigenvalue weighted by Gasteiger charge is 2.22. The standard InChI is InChI=1S/C26H26N4O5/c1-5-34-20-12-8-7-11-17(20)24(31)28-23-19(26(33)35-6-2)15-18-22(30(23)16(3)4)27-21-13-9-10-14-29(21)25(18)32/h7-16H,5-6H2,1-4H3. The van der Waals surface area contributed by atoms with Gasteiger partial charge >= 0.3 is 5.97 Å². The molecule has 3 heterocycles. The summed E-state index contributed by atoms with van der Waals surface area (Å²) >= 11 is 0. The molecular weight excluding hydrogens is 448 g/mol. The van der Waals surface area contributed by atoms with Gasteiger partial charge in [-0.2, -0.15) is 4.99 Å². The van der Waals surface area contributed by atoms with Crippen LogP contribution in [0.5, 0.6) is 5.75 Å². The highest BCUT2D eigenvalue weighted by atomic mass is 16.5. The largest absolute Gasteiger partial charge is 0.493 e. The average Bonchev–Trinajstić information content (AvgIpc) is 2.84. The predicted molar refractivity (Wildman–Crippen MR) is 131 cm³/mol. The number of rotatable bonds is 6. The highest BCUT2D eigenvalue weighted by molar-refractivity contribution is 5.99. The van der Waals surface area contributed by atoms with E-state index in [2.05, 4.69) is 9.98 Å². The second-order valence-electron chi connectivity index (χ2n) is 8.00. The Morgan fingerprint density at radius 2 is 1.77 bits per heavy atom. The Morgan fingerprint density at radius 1 is 1.03 bits per heavy atom. The van der Waals surface area contributed by atoms with Crippen LogP contribution in [0.15, 0.2) is 64.5 Å². The minimum absolute atomic E-state index is 0.00470. The molecule has 3 aromatic heterocycles. The normalized spacial score (nSPS) is 11.9. The Labute approximate surface area is 201 Å². The van der Waals surface area contributed by atoms with Crippen molar-refractivity contribution in [1.82, 2.24) is 14.0 Å². The van der Waals surface area contributed by atoms with Crippen LogP contribution in [0.3, 0.4) is 0 Å². The molecule has 0 spiro atoms. The van der Waals surface area contributed by atoms with Gasteiger partial charge in [0.1, 0.15) is 22.6 Å². The molecule has 0 saturated heterocycles. The van der Waals surface area contributed by atoms with Gasteiger partial charge in [0, 0.05) is 12.2 Å². The summed E-state index contributed by atoms with van der Waals surface area (Å²) in [7, 11) is 0. The molecule has 1 aromatic carbocycles. The summed E-state index contributed by atoms with van der Waals surface area (Å²) in [6.07, 6.45) is 1.61. The van der Waals surface area contributed by atoms with Crippen molar-refractivity contribution >= 4 is 28.6 Å². The molecule has 0 bridgehead atoms. The molecule has 35 heavy (non-hydrogen) atoms. The number of ether oxygens (including phenoxy) is 2. The molecular formula is C26H26N4O5. The van der Waals surface area contributed by atoms with E-state index in [-0.39, 0.29) is 40.2 Å². The topological polar surface area (TPSA) is 104 Å². The van der Waals surface area contributed by atoms with Gasteiger partial charge in [-0.1, -0.05) is 18.2 Å². The number of pyridine rings is 2. The minimum Gasteiger partial charge on any atom is -0.493 e. The first-order valence-electron chi connectivity index (χ1n) is 11.4. The van der Waals surface area contributed by atoms with Crippen LogP contribution < -0.4 is 15.8 Å². The van der Waals surface area contributed by atoms with Crippen molar-refractivity contribution < 1.29 is 19.1 Å². The van der Waals surface area contributed by atoms with E-state index in [0.717, 1.165) is 0 Å². The lowest BCUT2D eigenvalue weighted by atomic mass is 10.1. The molecule has 9 nitrogen and oxygen atoms in total. The number of carbonyl (C=O) groups is 2. The number of fused-ring (bicyclic) bond motifs is 2. The van der Waals surface area contributed by atoms with E-state index >= 15 is 0 Å². The number of amides is 1. The first kappa shape index (κ1) is 23.9. The van der Waals surface area contributed by atoms with Crippen molar-refractivity contribution in [1.29, 1.82) is 0 Å². The van der Waals surface area contributed by atoms with Crippen molar-refractivity contribution in [2.24, 2.45) is 4.99 Å². The van der Waals surface area contributed by atoms with Gasteiger partial charge in [0.15, 0.2) is 5.49 Å². The summed E-state index contributed by atoms with van der Waals surface area (Å²) in [5.74, 6) is -0.891. The van der Waals surface area contributed by atoms with Gasteiger partial charge in [-0.3, -0.25) is 14.0 Å². The van der Waals surface area contributed by atoms with E-state index in [1.54, 1.807) is 60.2 Å². The third-order valence-corrected chi connectivity index (χ3v) is 5.37. The van der Waals surface area contributed by atoms with Crippen molar-refractivity contribution in [2.45, 2.75) is 33.7 Å². The zero-order valence-electron chi connectivity index (χ0n) is 20.0. The predicted octanol–water partition coefficient (Wildman–Crippen LogP) is 3.55. The fourth-order valence-corrected chi connectivity index (χ4v) is 3.88. The number of aromatic nitrogens is 3. The van der Waals surface area contributed by atoms with Crippen LogP contribution in [0, 0.1) is 0 Å². The third kappa shape index (κ3) is 4.44. The van der Waals surface area contributed by atoms with E-state index in [9.17, 15) is 14.4 Å². The lowest BCUT2D eigenvalue weighted by Crippen LogP contribution is -2.33. The fourth-order valence-electron chi connectivity index (χ4n) is 3.88. The van der Waals surface area contributed by atoms with Crippen LogP contribution in [-0.2, 0) is 4.74 Å². The molecule has 0 fully saturated rings. The van der Waals surface area contributed by atoms with Crippen molar-refractivity contribution in [2.75, 3.05) is 13.2 Å². The van der Waals surface area contributed by atoms with Crippen LogP contribution >= 0.6 is 0 Å². The monoisotopic (exact) mass is 474 g/mol. The average molecular weight is 475 g/mol. The fraction of sp³-hybridized carbons (Fsp3) is 0.269. The van der Waals surface area contributed by atoms with Gasteiger partial charge in [0.05, 0.1) is 24.2 Å². The van der Waals surface area contributed by atoms with E-state index in [4.69, 9.17) is 9.47 Å². The Bertz CT molecular complexity index is 1570. The van der Waals surface area contributed by atoms with Crippen LogP contribution in [-0.4, -0.2) is 39.0 Å². The number of hydrogen-bond donors (Lipinski definition) is 0. The molecule has 4 rings (SSSR count). The number of para-hydroxylation sites is 1. The van der Waals surface area contributed by atoms with Crippen LogP contribution in [0.25, 0.3) is 16.7 Å². The smallest absolute Gasteiger partial charge is 0.341 e. The highest BCUT2D eigenvalue weighted by Crippen LogP contribution is 2.20. The minimum atomic E-state index is -0.689. The molecule has 0 aliphatic carbocycles. The summed E-state index contributed by atoms with van der Waals surface area (Å²) in [6, 6.07) is 13.1. The van der Waals surface area contributed by atoms with Crippen LogP contribution in [0.1, 0.15) is 54.5 Å². The molecule has 180 valence electrons. The molecule has 0 unspecified atom stereocenters. The lowest BCUT2D eigenvalue weighted by Gasteiger charge is -2.18. The second-order valence-corrected chi connectivity index (χ2v) is 8.00. The second kappa shape index (κ2) is 9.92. The Hall–Kier alpha value is -4.27. The Balaban J connectivity index is 2.12. The molecule has 0 aliphatic heterocycles. The van der Waals surface area contributed by atoms with Gasteiger partial charge in [-0.05, 0) is 58.0 Å². The van der Waals surface area contributed by atoms with E-state index in [0.29, 0.717) is 23.7 Å². The van der Waals surface area contributed by atoms with Gasteiger partial charge in [0.2, 0.25) is 0 Å². The summed E-state index contributed by atoms with van der Waals surface area (Å²) in [6.45, 7) is 7.72. The molecule has 1 amide bonds. The van der Waals surface area contributed by atoms with E-state index in [1.807, 2.05) is 20.8 Å². The maximum Gasteiger partial charge on any atom is 0.341 e. The zero-order chi connectivity index (χ0) is 25.1. The van der Waals surface area contributed by atoms with Crippen LogP contribution in [0.4, 0.5) is 0 Å². The quantitative estimate of drug-likeness (QED) is 0.313. The van der Waals surface area contributed by atoms with Gasteiger partial charge < -0.3 is 14.0 Å². The third-order valence-electron chi connectivity index (χ3n) is 5.37. The molecule has 0 saturated carbocycles. The summed E-state index contributed by atoms with van der Waals surface area (Å²) in [5, 5.41) is 0.214. The summed E-state index contributed by atoms with van der Waals surface area (Å²) in [4.78, 5) is 48.7. The van der Waals surface area contributed by atoms with E-state index in [1.165, 1.54) is 10.5 Å². The first-order chi connectivity index (χ1) is 16.9. The summed E-state index contributed by atoms with van der Waals surface area (Å²) < 4.78 is 13.9. The number of benzene rings is 1. The zero-order valence-corrected chi connectivity index (χ0v) is 20.0. The maximum atomic E-state index is 13.3. The van der Waals surface area contributed by atoms with Crippen molar-refractivity contribution in [3.63, 3.8) is 0 Å². The molecule has 9 heteroatoms. The number of hydrogen-bond acceptors (Lipinski definition) is 6. The van der Waals surface area contributed by atoms with Gasteiger partial charge in [0.25, 0.3) is 11.5 Å². The van der Waals surface area contributed by atoms with Gasteiger partial charge in [-0.15, -0.1) is 0 Å². The van der Waals surface area contributed by atoms with E-state index < -0.39 is 11.9 Å². The molecule has 4 aromatic rings. The maximum absolute atomic E-state index is 13.3. The first-order valence-corrected chi connectivity index (χ1v) is 11.4. The lowest BCUT2D eigenvalue weighted by molar-refractivity contribution is 0.0523. The molecule has 0 atom stereocenters. The van der Waals surface area contributed by atoms with Crippen molar-refractivity contribution in [3.8, 4) is 5.75 Å².